The van der Waals surface area contributed by atoms with Crippen LogP contribution in [0.3, 0.4) is 0 Å². The van der Waals surface area contributed by atoms with Gasteiger partial charge in [0.15, 0.2) is 0 Å². The van der Waals surface area contributed by atoms with Gasteiger partial charge in [-0.2, -0.15) is 0 Å². The van der Waals surface area contributed by atoms with Crippen molar-refractivity contribution in [2.45, 2.75) is 26.4 Å². The first-order valence-electron chi connectivity index (χ1n) is 8.17. The molecule has 0 aromatic rings. The summed E-state index contributed by atoms with van der Waals surface area (Å²) < 4.78 is 32.0. The van der Waals surface area contributed by atoms with Crippen LogP contribution in [0.4, 0.5) is 0 Å². The topological polar surface area (TPSA) is 78.4 Å². The summed E-state index contributed by atoms with van der Waals surface area (Å²) in [4.78, 5) is 0. The molecule has 0 amide bonds. The van der Waals surface area contributed by atoms with E-state index < -0.39 is 5.60 Å². The standard InChI is InChI=1S/C12H24O6.C4H9O.K/c1-2-14-5-6-16-9-10-18-12-11-17-8-7-15-4-3-13-1;1-4(2,3)5;/h1-12H2;1-3H3;/q;-1;+1. The largest absolute Gasteiger partial charge is 1.00 e. The summed E-state index contributed by atoms with van der Waals surface area (Å²) in [6.07, 6.45) is 0. The summed E-state index contributed by atoms with van der Waals surface area (Å²) in [5.74, 6) is 0. The van der Waals surface area contributed by atoms with E-state index in [1.807, 2.05) is 0 Å². The van der Waals surface area contributed by atoms with E-state index in [4.69, 9.17) is 28.4 Å². The molecule has 0 bridgehead atoms. The molecule has 1 fully saturated rings. The van der Waals surface area contributed by atoms with Gasteiger partial charge in [0.2, 0.25) is 0 Å². The quantitative estimate of drug-likeness (QED) is 0.424. The van der Waals surface area contributed by atoms with Gasteiger partial charge in [0.25, 0.3) is 0 Å². The SMILES string of the molecule is C1COCCOCCOCCOCCOCCO1.CC(C)(C)[O-].[K+]. The van der Waals surface area contributed by atoms with E-state index in [0.29, 0.717) is 79.3 Å². The van der Waals surface area contributed by atoms with Crippen molar-refractivity contribution in [2.24, 2.45) is 0 Å². The van der Waals surface area contributed by atoms with Crippen LogP contribution in [-0.2, 0) is 28.4 Å². The summed E-state index contributed by atoms with van der Waals surface area (Å²) in [5, 5.41) is 10.1. The Hall–Kier alpha value is 1.36. The van der Waals surface area contributed by atoms with E-state index in [-0.39, 0.29) is 51.4 Å². The Morgan fingerprint density at radius 3 is 0.625 bits per heavy atom. The number of hydrogen-bond acceptors (Lipinski definition) is 7. The van der Waals surface area contributed by atoms with Crippen LogP contribution in [0.1, 0.15) is 20.8 Å². The fourth-order valence-electron chi connectivity index (χ4n) is 1.32. The summed E-state index contributed by atoms with van der Waals surface area (Å²) in [6, 6.07) is 0. The molecule has 8 heteroatoms. The molecule has 0 aliphatic carbocycles. The molecule has 24 heavy (non-hydrogen) atoms. The first kappa shape index (κ1) is 27.6. The second kappa shape index (κ2) is 20.7. The van der Waals surface area contributed by atoms with Crippen LogP contribution in [0.15, 0.2) is 0 Å². The third-order valence-corrected chi connectivity index (χ3v) is 2.23. The maximum absolute atomic E-state index is 10.1. The van der Waals surface area contributed by atoms with E-state index >= 15 is 0 Å². The zero-order valence-electron chi connectivity index (χ0n) is 15.8. The molecule has 0 N–H and O–H groups in total. The third kappa shape index (κ3) is 31.2. The molecule has 140 valence electrons. The minimum Gasteiger partial charge on any atom is -0.850 e. The maximum atomic E-state index is 10.1. The van der Waals surface area contributed by atoms with Gasteiger partial charge in [0.05, 0.1) is 79.3 Å². The molecule has 0 spiro atoms. The number of ether oxygens (including phenoxy) is 6. The molecule has 1 heterocycles. The van der Waals surface area contributed by atoms with E-state index in [1.54, 1.807) is 20.8 Å². The average Bonchev–Trinajstić information content (AvgIpc) is 2.46. The summed E-state index contributed by atoms with van der Waals surface area (Å²) in [5.41, 5.74) is -0.750. The van der Waals surface area contributed by atoms with Gasteiger partial charge in [-0.15, -0.1) is 5.60 Å². The van der Waals surface area contributed by atoms with E-state index in [1.165, 1.54) is 0 Å². The molecule has 0 saturated carbocycles. The maximum Gasteiger partial charge on any atom is 1.00 e. The van der Waals surface area contributed by atoms with Gasteiger partial charge in [-0.25, -0.2) is 0 Å². The molecule has 1 saturated heterocycles. The number of rotatable bonds is 0. The second-order valence-electron chi connectivity index (χ2n) is 5.79. The summed E-state index contributed by atoms with van der Waals surface area (Å²) in [7, 11) is 0. The van der Waals surface area contributed by atoms with Crippen LogP contribution in [0.2, 0.25) is 0 Å². The van der Waals surface area contributed by atoms with Gasteiger partial charge >= 0.3 is 51.4 Å². The van der Waals surface area contributed by atoms with Crippen molar-refractivity contribution in [1.82, 2.24) is 0 Å². The Morgan fingerprint density at radius 1 is 0.458 bits per heavy atom. The van der Waals surface area contributed by atoms with Crippen molar-refractivity contribution in [3.05, 3.63) is 0 Å². The number of hydrogen-bond donors (Lipinski definition) is 0. The van der Waals surface area contributed by atoms with E-state index in [9.17, 15) is 5.11 Å². The molecule has 0 atom stereocenters. The Bertz CT molecular complexity index is 156. The van der Waals surface area contributed by atoms with Crippen LogP contribution in [0.5, 0.6) is 0 Å². The Labute approximate surface area is 189 Å². The minimum atomic E-state index is -0.750. The molecule has 1 aliphatic rings. The van der Waals surface area contributed by atoms with Crippen LogP contribution >= 0.6 is 0 Å². The van der Waals surface area contributed by atoms with Crippen molar-refractivity contribution in [3.63, 3.8) is 0 Å². The first-order valence-corrected chi connectivity index (χ1v) is 8.17. The zero-order valence-corrected chi connectivity index (χ0v) is 19.0. The van der Waals surface area contributed by atoms with Gasteiger partial charge in [-0.3, -0.25) is 0 Å². The fourth-order valence-corrected chi connectivity index (χ4v) is 1.32. The molecular formula is C16H33KO7. The van der Waals surface area contributed by atoms with E-state index in [2.05, 4.69) is 0 Å². The fraction of sp³-hybridized carbons (Fsp3) is 1.00. The van der Waals surface area contributed by atoms with Crippen molar-refractivity contribution in [1.29, 1.82) is 0 Å². The average molecular weight is 377 g/mol. The van der Waals surface area contributed by atoms with E-state index in [0.717, 1.165) is 0 Å². The Morgan fingerprint density at radius 2 is 0.542 bits per heavy atom. The molecule has 0 aromatic heterocycles. The first-order chi connectivity index (χ1) is 11.0. The monoisotopic (exact) mass is 376 g/mol. The molecular weight excluding hydrogens is 343 g/mol. The molecule has 0 unspecified atom stereocenters. The normalized spacial score (nSPS) is 20.5. The third-order valence-electron chi connectivity index (χ3n) is 2.23. The molecule has 0 radical (unpaired) electrons. The van der Waals surface area contributed by atoms with Gasteiger partial charge in [0, 0.05) is 0 Å². The van der Waals surface area contributed by atoms with Crippen LogP contribution < -0.4 is 56.5 Å². The summed E-state index contributed by atoms with van der Waals surface area (Å²) in [6.45, 7) is 11.9. The van der Waals surface area contributed by atoms with Gasteiger partial charge in [0.1, 0.15) is 0 Å². The van der Waals surface area contributed by atoms with Gasteiger partial charge in [-0.05, 0) is 0 Å². The predicted molar refractivity (Wildman–Crippen MR) is 84.7 cm³/mol. The van der Waals surface area contributed by atoms with Crippen molar-refractivity contribution < 1.29 is 84.9 Å². The van der Waals surface area contributed by atoms with Crippen molar-refractivity contribution >= 4 is 0 Å². The van der Waals surface area contributed by atoms with Crippen LogP contribution in [-0.4, -0.2) is 84.9 Å². The minimum absolute atomic E-state index is 0. The Kier molecular flexibility index (Phi) is 23.7. The summed E-state index contributed by atoms with van der Waals surface area (Å²) >= 11 is 0. The molecule has 0 aromatic carbocycles. The second-order valence-corrected chi connectivity index (χ2v) is 5.79. The zero-order chi connectivity index (χ0) is 17.2. The molecule has 1 aliphatic heterocycles. The van der Waals surface area contributed by atoms with Gasteiger partial charge < -0.3 is 33.5 Å². The van der Waals surface area contributed by atoms with Crippen LogP contribution in [0, 0.1) is 0 Å². The van der Waals surface area contributed by atoms with Crippen molar-refractivity contribution in [2.75, 3.05) is 79.3 Å². The predicted octanol–water partition coefficient (Wildman–Crippen LogP) is -2.75. The van der Waals surface area contributed by atoms with Gasteiger partial charge in [-0.1, -0.05) is 20.8 Å². The Balaban J connectivity index is 0. The molecule has 7 nitrogen and oxygen atoms in total. The smallest absolute Gasteiger partial charge is 0.850 e. The molecule has 1 rings (SSSR count). The van der Waals surface area contributed by atoms with Crippen LogP contribution in [0.25, 0.3) is 0 Å². The van der Waals surface area contributed by atoms with Crippen molar-refractivity contribution in [3.8, 4) is 0 Å².